The first-order valence-corrected chi connectivity index (χ1v) is 6.58. The van der Waals surface area contributed by atoms with Gasteiger partial charge in [-0.05, 0) is 26.2 Å². The van der Waals surface area contributed by atoms with Crippen molar-refractivity contribution in [3.63, 3.8) is 0 Å². The van der Waals surface area contributed by atoms with Crippen molar-refractivity contribution in [2.75, 3.05) is 20.2 Å². The molecule has 0 aliphatic carbocycles. The first-order valence-electron chi connectivity index (χ1n) is 6.58. The topological polar surface area (TPSA) is 72.6 Å². The van der Waals surface area contributed by atoms with Crippen LogP contribution >= 0.6 is 0 Å². The van der Waals surface area contributed by atoms with E-state index in [4.69, 9.17) is 10.5 Å². The lowest BCUT2D eigenvalue weighted by atomic mass is 9.92. The number of hydrogen-bond donors (Lipinski definition) is 1. The van der Waals surface area contributed by atoms with Crippen LogP contribution in [0.15, 0.2) is 0 Å². The van der Waals surface area contributed by atoms with Gasteiger partial charge in [-0.15, -0.1) is 0 Å². The maximum Gasteiger partial charge on any atom is 0.308 e. The quantitative estimate of drug-likeness (QED) is 0.759. The number of carbonyl (C=O) groups is 2. The maximum atomic E-state index is 12.2. The minimum absolute atomic E-state index is 0.00679. The van der Waals surface area contributed by atoms with E-state index in [0.29, 0.717) is 32.4 Å². The number of methoxy groups -OCH3 is 1. The minimum Gasteiger partial charge on any atom is -0.469 e. The summed E-state index contributed by atoms with van der Waals surface area (Å²) in [4.78, 5) is 25.4. The fourth-order valence-corrected chi connectivity index (χ4v) is 2.47. The van der Waals surface area contributed by atoms with Crippen LogP contribution < -0.4 is 5.73 Å². The molecule has 5 nitrogen and oxygen atoms in total. The van der Waals surface area contributed by atoms with E-state index in [1.54, 1.807) is 11.8 Å². The fraction of sp³-hybridized carbons (Fsp3) is 0.846. The minimum atomic E-state index is -0.785. The number of esters is 1. The van der Waals surface area contributed by atoms with E-state index in [0.717, 1.165) is 6.42 Å². The standard InChI is InChI=1S/C13H24N2O3/c1-4-7-13(2,14)12(17)15-8-5-10(6-9-15)11(16)18-3/h10H,4-9,14H2,1-3H3. The van der Waals surface area contributed by atoms with E-state index < -0.39 is 5.54 Å². The number of likely N-dealkylation sites (tertiary alicyclic amines) is 1. The van der Waals surface area contributed by atoms with E-state index in [2.05, 4.69) is 0 Å². The highest BCUT2D eigenvalue weighted by atomic mass is 16.5. The van der Waals surface area contributed by atoms with E-state index in [-0.39, 0.29) is 17.8 Å². The summed E-state index contributed by atoms with van der Waals surface area (Å²) in [6.07, 6.45) is 2.90. The molecule has 5 heteroatoms. The van der Waals surface area contributed by atoms with Crippen LogP contribution in [0.4, 0.5) is 0 Å². The SMILES string of the molecule is CCCC(C)(N)C(=O)N1CCC(C(=O)OC)CC1. The molecule has 2 N–H and O–H groups in total. The number of carbonyl (C=O) groups excluding carboxylic acids is 2. The lowest BCUT2D eigenvalue weighted by Gasteiger charge is -2.36. The summed E-state index contributed by atoms with van der Waals surface area (Å²) >= 11 is 0. The van der Waals surface area contributed by atoms with E-state index >= 15 is 0 Å². The number of piperidine rings is 1. The lowest BCUT2D eigenvalue weighted by molar-refractivity contribution is -0.149. The van der Waals surface area contributed by atoms with Crippen molar-refractivity contribution >= 4 is 11.9 Å². The van der Waals surface area contributed by atoms with Crippen molar-refractivity contribution in [1.82, 2.24) is 4.90 Å². The van der Waals surface area contributed by atoms with Gasteiger partial charge in [0.15, 0.2) is 0 Å². The highest BCUT2D eigenvalue weighted by Crippen LogP contribution is 2.21. The van der Waals surface area contributed by atoms with Crippen molar-refractivity contribution in [3.8, 4) is 0 Å². The predicted molar refractivity (Wildman–Crippen MR) is 68.8 cm³/mol. The Kier molecular flexibility index (Phi) is 5.14. The summed E-state index contributed by atoms with van der Waals surface area (Å²) in [5, 5.41) is 0. The van der Waals surface area contributed by atoms with Gasteiger partial charge >= 0.3 is 5.97 Å². The van der Waals surface area contributed by atoms with Gasteiger partial charge < -0.3 is 15.4 Å². The third kappa shape index (κ3) is 3.45. The van der Waals surface area contributed by atoms with Gasteiger partial charge in [-0.25, -0.2) is 0 Å². The Bertz CT molecular complexity index is 307. The number of nitrogens with zero attached hydrogens (tertiary/aromatic N) is 1. The summed E-state index contributed by atoms with van der Waals surface area (Å²) in [7, 11) is 1.40. The number of nitrogens with two attached hydrogens (primary N) is 1. The predicted octanol–water partition coefficient (Wildman–Crippen LogP) is 0.915. The van der Waals surface area contributed by atoms with Crippen LogP contribution in [0.5, 0.6) is 0 Å². The molecule has 1 heterocycles. The van der Waals surface area contributed by atoms with Gasteiger partial charge in [0.05, 0.1) is 18.6 Å². The molecular formula is C13H24N2O3. The van der Waals surface area contributed by atoms with Crippen molar-refractivity contribution < 1.29 is 14.3 Å². The molecular weight excluding hydrogens is 232 g/mol. The Morgan fingerprint density at radius 1 is 1.39 bits per heavy atom. The summed E-state index contributed by atoms with van der Waals surface area (Å²) < 4.78 is 4.72. The highest BCUT2D eigenvalue weighted by Gasteiger charge is 2.35. The molecule has 0 spiro atoms. The Morgan fingerprint density at radius 2 is 1.94 bits per heavy atom. The van der Waals surface area contributed by atoms with Gasteiger partial charge in [0.2, 0.25) is 5.91 Å². The second-order valence-corrected chi connectivity index (χ2v) is 5.26. The molecule has 1 saturated heterocycles. The molecule has 1 amide bonds. The molecule has 0 bridgehead atoms. The molecule has 1 aliphatic heterocycles. The molecule has 0 aromatic carbocycles. The number of hydrogen-bond acceptors (Lipinski definition) is 4. The molecule has 0 aromatic heterocycles. The summed E-state index contributed by atoms with van der Waals surface area (Å²) in [5.74, 6) is -0.256. The third-order valence-electron chi connectivity index (χ3n) is 3.57. The molecule has 0 radical (unpaired) electrons. The molecule has 18 heavy (non-hydrogen) atoms. The van der Waals surface area contributed by atoms with E-state index in [1.807, 2.05) is 6.92 Å². The average molecular weight is 256 g/mol. The van der Waals surface area contributed by atoms with Gasteiger partial charge in [0.25, 0.3) is 0 Å². The van der Waals surface area contributed by atoms with Gasteiger partial charge in [0.1, 0.15) is 0 Å². The molecule has 1 aliphatic rings. The van der Waals surface area contributed by atoms with Gasteiger partial charge in [0, 0.05) is 13.1 Å². The third-order valence-corrected chi connectivity index (χ3v) is 3.57. The second-order valence-electron chi connectivity index (χ2n) is 5.26. The van der Waals surface area contributed by atoms with Crippen LogP contribution in [0.1, 0.15) is 39.5 Å². The van der Waals surface area contributed by atoms with Crippen LogP contribution in [-0.4, -0.2) is 42.5 Å². The summed E-state index contributed by atoms with van der Waals surface area (Å²) in [5.41, 5.74) is 5.25. The number of rotatable bonds is 4. The molecule has 104 valence electrons. The Hall–Kier alpha value is -1.10. The van der Waals surface area contributed by atoms with Crippen LogP contribution in [0.2, 0.25) is 0 Å². The fourth-order valence-electron chi connectivity index (χ4n) is 2.47. The van der Waals surface area contributed by atoms with Gasteiger partial charge in [-0.2, -0.15) is 0 Å². The highest BCUT2D eigenvalue weighted by molar-refractivity contribution is 5.86. The molecule has 1 rings (SSSR count). The smallest absolute Gasteiger partial charge is 0.308 e. The lowest BCUT2D eigenvalue weighted by Crippen LogP contribution is -2.55. The van der Waals surface area contributed by atoms with Crippen molar-refractivity contribution in [3.05, 3.63) is 0 Å². The molecule has 0 aromatic rings. The Balaban J connectivity index is 2.52. The van der Waals surface area contributed by atoms with Gasteiger partial charge in [-0.1, -0.05) is 13.3 Å². The normalized spacial score (nSPS) is 20.3. The molecule has 1 fully saturated rings. The van der Waals surface area contributed by atoms with Crippen LogP contribution in [0, 0.1) is 5.92 Å². The zero-order chi connectivity index (χ0) is 13.8. The molecule has 1 unspecified atom stereocenters. The Morgan fingerprint density at radius 3 is 2.39 bits per heavy atom. The zero-order valence-electron chi connectivity index (χ0n) is 11.6. The van der Waals surface area contributed by atoms with Crippen LogP contribution in [0.3, 0.4) is 0 Å². The monoisotopic (exact) mass is 256 g/mol. The zero-order valence-corrected chi connectivity index (χ0v) is 11.6. The van der Waals surface area contributed by atoms with E-state index in [1.165, 1.54) is 7.11 Å². The first-order chi connectivity index (χ1) is 8.42. The number of ether oxygens (including phenoxy) is 1. The molecule has 1 atom stereocenters. The second kappa shape index (κ2) is 6.18. The molecule has 0 saturated carbocycles. The summed E-state index contributed by atoms with van der Waals surface area (Å²) in [6.45, 7) is 4.98. The van der Waals surface area contributed by atoms with E-state index in [9.17, 15) is 9.59 Å². The Labute approximate surface area is 109 Å². The van der Waals surface area contributed by atoms with Gasteiger partial charge in [-0.3, -0.25) is 9.59 Å². The largest absolute Gasteiger partial charge is 0.469 e. The maximum absolute atomic E-state index is 12.2. The first kappa shape index (κ1) is 15.0. The summed E-state index contributed by atoms with van der Waals surface area (Å²) in [6, 6.07) is 0. The van der Waals surface area contributed by atoms with Crippen molar-refractivity contribution in [2.24, 2.45) is 11.7 Å². The van der Waals surface area contributed by atoms with Crippen molar-refractivity contribution in [2.45, 2.75) is 45.1 Å². The van der Waals surface area contributed by atoms with Crippen LogP contribution in [-0.2, 0) is 14.3 Å². The average Bonchev–Trinajstić information content (AvgIpc) is 2.37. The van der Waals surface area contributed by atoms with Crippen molar-refractivity contribution in [1.29, 1.82) is 0 Å². The van der Waals surface area contributed by atoms with Crippen LogP contribution in [0.25, 0.3) is 0 Å². The number of amides is 1.